The number of ether oxygens (including phenoxy) is 2. The topological polar surface area (TPSA) is 89.2 Å². The molecule has 0 spiro atoms. The average Bonchev–Trinajstić information content (AvgIpc) is 3.16. The van der Waals surface area contributed by atoms with Gasteiger partial charge in [-0.25, -0.2) is 0 Å². The van der Waals surface area contributed by atoms with Crippen molar-refractivity contribution in [1.29, 1.82) is 0 Å². The molecule has 0 amide bonds. The summed E-state index contributed by atoms with van der Waals surface area (Å²) in [7, 11) is 1.53. The lowest BCUT2D eigenvalue weighted by Gasteiger charge is -2.33. The molecule has 166 valence electrons. The van der Waals surface area contributed by atoms with Gasteiger partial charge in [-0.3, -0.25) is 10.1 Å². The van der Waals surface area contributed by atoms with Gasteiger partial charge < -0.3 is 19.8 Å². The fourth-order valence-electron chi connectivity index (χ4n) is 4.36. The van der Waals surface area contributed by atoms with Crippen LogP contribution in [0.25, 0.3) is 0 Å². The van der Waals surface area contributed by atoms with Crippen molar-refractivity contribution in [3.05, 3.63) is 27.8 Å². The molecule has 1 aromatic carbocycles. The number of piperidine rings is 1. The molecule has 2 unspecified atom stereocenters. The molecule has 2 atom stereocenters. The Kier molecular flexibility index (Phi) is 7.90. The van der Waals surface area contributed by atoms with Crippen LogP contribution in [0, 0.1) is 16.0 Å². The van der Waals surface area contributed by atoms with E-state index in [9.17, 15) is 10.1 Å². The first-order valence-corrected chi connectivity index (χ1v) is 11.1. The number of hydrogen-bond donors (Lipinski definition) is 1. The summed E-state index contributed by atoms with van der Waals surface area (Å²) < 4.78 is 11.3. The highest BCUT2D eigenvalue weighted by atomic mass is 16.6. The van der Waals surface area contributed by atoms with Crippen molar-refractivity contribution in [2.24, 2.45) is 11.0 Å². The average molecular weight is 419 g/mol. The number of methoxy groups -OCH3 is 1. The van der Waals surface area contributed by atoms with Gasteiger partial charge in [-0.15, -0.1) is 0 Å². The van der Waals surface area contributed by atoms with Crippen molar-refractivity contribution in [2.75, 3.05) is 33.4 Å². The number of nitrogens with one attached hydrogen (secondary N) is 1. The molecule has 1 aromatic rings. The fraction of sp³-hybridized carbons (Fsp3) is 0.682. The maximum absolute atomic E-state index is 11.8. The Balaban J connectivity index is 1.82. The Hall–Kier alpha value is -2.35. The summed E-state index contributed by atoms with van der Waals surface area (Å²) in [6.07, 6.45) is 6.23. The first-order chi connectivity index (χ1) is 14.6. The maximum Gasteiger partial charge on any atom is 0.315 e. The molecule has 0 bridgehead atoms. The van der Waals surface area contributed by atoms with E-state index in [0.29, 0.717) is 12.4 Å². The fourth-order valence-corrected chi connectivity index (χ4v) is 4.36. The van der Waals surface area contributed by atoms with Gasteiger partial charge in [-0.1, -0.05) is 33.1 Å². The van der Waals surface area contributed by atoms with E-state index in [1.54, 1.807) is 6.07 Å². The van der Waals surface area contributed by atoms with E-state index in [0.717, 1.165) is 69.4 Å². The van der Waals surface area contributed by atoms with Gasteiger partial charge in [-0.2, -0.15) is 5.10 Å². The zero-order chi connectivity index (χ0) is 21.5. The number of unbranched alkanes of at least 4 members (excludes halogenated alkanes) is 3. The Morgan fingerprint density at radius 2 is 2.10 bits per heavy atom. The first-order valence-electron chi connectivity index (χ1n) is 11.1. The van der Waals surface area contributed by atoms with Crippen molar-refractivity contribution in [2.45, 2.75) is 58.4 Å². The maximum atomic E-state index is 11.8. The zero-order valence-corrected chi connectivity index (χ0v) is 18.4. The Morgan fingerprint density at radius 1 is 1.27 bits per heavy atom. The van der Waals surface area contributed by atoms with Crippen molar-refractivity contribution in [3.63, 3.8) is 0 Å². The second-order valence-electron chi connectivity index (χ2n) is 8.10. The van der Waals surface area contributed by atoms with Crippen molar-refractivity contribution < 1.29 is 14.4 Å². The van der Waals surface area contributed by atoms with Crippen LogP contribution in [0.3, 0.4) is 0 Å². The van der Waals surface area contributed by atoms with Crippen LogP contribution < -0.4 is 14.9 Å². The highest BCUT2D eigenvalue weighted by Gasteiger charge is 2.38. The van der Waals surface area contributed by atoms with Crippen LogP contribution in [0.4, 0.5) is 5.69 Å². The molecule has 2 heterocycles. The first kappa shape index (κ1) is 22.3. The number of benzene rings is 1. The molecule has 2 aliphatic heterocycles. The summed E-state index contributed by atoms with van der Waals surface area (Å²) >= 11 is 0. The third-order valence-corrected chi connectivity index (χ3v) is 5.93. The number of nitro groups is 1. The van der Waals surface area contributed by atoms with Crippen LogP contribution in [0.2, 0.25) is 0 Å². The minimum atomic E-state index is -0.381. The summed E-state index contributed by atoms with van der Waals surface area (Å²) in [6.45, 7) is 7.77. The summed E-state index contributed by atoms with van der Waals surface area (Å²) in [5.74, 6) is 0.847. The highest BCUT2D eigenvalue weighted by molar-refractivity contribution is 5.90. The third-order valence-electron chi connectivity index (χ3n) is 5.93. The molecule has 0 saturated carbocycles. The van der Waals surface area contributed by atoms with Crippen molar-refractivity contribution >= 4 is 11.4 Å². The van der Waals surface area contributed by atoms with E-state index in [4.69, 9.17) is 9.47 Å². The number of hydrogen-bond acceptors (Lipinski definition) is 7. The van der Waals surface area contributed by atoms with Gasteiger partial charge in [0.1, 0.15) is 0 Å². The van der Waals surface area contributed by atoms with E-state index >= 15 is 0 Å². The van der Waals surface area contributed by atoms with E-state index in [2.05, 4.69) is 29.3 Å². The number of rotatable bonds is 11. The van der Waals surface area contributed by atoms with Crippen molar-refractivity contribution in [1.82, 2.24) is 10.3 Å². The zero-order valence-electron chi connectivity index (χ0n) is 18.4. The number of likely N-dealkylation sites (tertiary alicyclic amines) is 1. The monoisotopic (exact) mass is 418 g/mol. The standard InChI is InChI=1S/C22H34N4O4/c1-4-6-7-8-12-30-22-19(26(27)28)13-16(14-20(22)29-3)21-17-15-25(10-5-2)11-9-18(17)23-24-21/h13-14,17,21,24H,4-12,15H2,1-3H3. The normalized spacial score (nSPS) is 21.0. The van der Waals surface area contributed by atoms with Gasteiger partial charge >= 0.3 is 5.69 Å². The third kappa shape index (κ3) is 5.03. The van der Waals surface area contributed by atoms with Gasteiger partial charge in [-0.05, 0) is 31.0 Å². The van der Waals surface area contributed by atoms with E-state index in [1.165, 1.54) is 7.11 Å². The number of hydrazone groups is 1. The van der Waals surface area contributed by atoms with Gasteiger partial charge in [0.25, 0.3) is 0 Å². The molecule has 30 heavy (non-hydrogen) atoms. The van der Waals surface area contributed by atoms with E-state index in [1.807, 2.05) is 6.07 Å². The van der Waals surface area contributed by atoms with Crippen molar-refractivity contribution in [3.8, 4) is 11.5 Å². The molecule has 8 heteroatoms. The lowest BCUT2D eigenvalue weighted by molar-refractivity contribution is -0.386. The summed E-state index contributed by atoms with van der Waals surface area (Å²) in [5.41, 5.74) is 5.15. The predicted octanol–water partition coefficient (Wildman–Crippen LogP) is 4.29. The van der Waals surface area contributed by atoms with Crippen LogP contribution in [-0.2, 0) is 0 Å². The molecule has 2 aliphatic rings. The van der Waals surface area contributed by atoms with Gasteiger partial charge in [0.15, 0.2) is 5.75 Å². The predicted molar refractivity (Wildman–Crippen MR) is 117 cm³/mol. The van der Waals surface area contributed by atoms with E-state index in [-0.39, 0.29) is 28.3 Å². The second-order valence-corrected chi connectivity index (χ2v) is 8.10. The van der Waals surface area contributed by atoms with Gasteiger partial charge in [0.05, 0.1) is 24.7 Å². The van der Waals surface area contributed by atoms with Crippen LogP contribution in [0.15, 0.2) is 17.2 Å². The quantitative estimate of drug-likeness (QED) is 0.327. The molecule has 1 N–H and O–H groups in total. The lowest BCUT2D eigenvalue weighted by Crippen LogP contribution is -2.42. The van der Waals surface area contributed by atoms with Crippen LogP contribution in [-0.4, -0.2) is 48.9 Å². The van der Waals surface area contributed by atoms with Gasteiger partial charge in [0.2, 0.25) is 5.75 Å². The molecule has 3 rings (SSSR count). The van der Waals surface area contributed by atoms with Crippen LogP contribution in [0.5, 0.6) is 11.5 Å². The molecule has 0 aromatic heterocycles. The molecule has 1 saturated heterocycles. The summed E-state index contributed by atoms with van der Waals surface area (Å²) in [6, 6.07) is 3.40. The minimum Gasteiger partial charge on any atom is -0.493 e. The smallest absolute Gasteiger partial charge is 0.315 e. The Labute approximate surface area is 178 Å². The lowest BCUT2D eigenvalue weighted by atomic mass is 9.86. The molecule has 0 radical (unpaired) electrons. The molecule has 8 nitrogen and oxygen atoms in total. The highest BCUT2D eigenvalue weighted by Crippen LogP contribution is 2.42. The summed E-state index contributed by atoms with van der Waals surface area (Å²) in [4.78, 5) is 13.9. The SMILES string of the molecule is CCCCCCOc1c(OC)cc(C2NN=C3CCN(CCC)CC32)cc1[N+](=O)[O-]. The van der Waals surface area contributed by atoms with Crippen LogP contribution in [0.1, 0.15) is 64.0 Å². The number of fused-ring (bicyclic) bond motifs is 1. The molecular weight excluding hydrogens is 384 g/mol. The molecular formula is C22H34N4O4. The number of nitrogens with zero attached hydrogens (tertiary/aromatic N) is 3. The number of nitro benzene ring substituents is 1. The Bertz CT molecular complexity index is 768. The van der Waals surface area contributed by atoms with Crippen LogP contribution >= 0.6 is 0 Å². The minimum absolute atomic E-state index is 0.0451. The Morgan fingerprint density at radius 3 is 2.80 bits per heavy atom. The van der Waals surface area contributed by atoms with Gasteiger partial charge in [0, 0.05) is 37.2 Å². The molecule has 1 fully saturated rings. The molecule has 0 aliphatic carbocycles. The summed E-state index contributed by atoms with van der Waals surface area (Å²) in [5, 5.41) is 16.4. The van der Waals surface area contributed by atoms with E-state index < -0.39 is 0 Å². The largest absolute Gasteiger partial charge is 0.493 e. The second kappa shape index (κ2) is 10.6.